The highest BCUT2D eigenvalue weighted by Crippen LogP contribution is 2.02. The summed E-state index contributed by atoms with van der Waals surface area (Å²) in [6.45, 7) is 0. The summed E-state index contributed by atoms with van der Waals surface area (Å²) in [7, 11) is 0. The number of primary amides is 1. The van der Waals surface area contributed by atoms with Crippen molar-refractivity contribution in [3.05, 3.63) is 35.9 Å². The van der Waals surface area contributed by atoms with Crippen molar-refractivity contribution >= 4 is 11.7 Å². The molecule has 0 aliphatic heterocycles. The first-order valence-corrected chi connectivity index (χ1v) is 4.24. The molecule has 1 rings (SSSR count). The summed E-state index contributed by atoms with van der Waals surface area (Å²) in [5.41, 5.74) is 11.2. The van der Waals surface area contributed by atoms with Crippen molar-refractivity contribution in [3.63, 3.8) is 0 Å². The Kier molecular flexibility index (Phi) is 3.36. The molecular weight excluding hydrogens is 180 g/mol. The Morgan fingerprint density at radius 2 is 1.79 bits per heavy atom. The molecule has 0 aromatic heterocycles. The molecule has 0 heterocycles. The van der Waals surface area contributed by atoms with Gasteiger partial charge in [-0.25, -0.2) is 0 Å². The van der Waals surface area contributed by atoms with E-state index in [2.05, 4.69) is 0 Å². The number of nitrogens with two attached hydrogens (primary N) is 2. The van der Waals surface area contributed by atoms with E-state index in [0.717, 1.165) is 5.56 Å². The first-order valence-electron chi connectivity index (χ1n) is 4.24. The van der Waals surface area contributed by atoms with Gasteiger partial charge in [-0.2, -0.15) is 0 Å². The summed E-state index contributed by atoms with van der Waals surface area (Å²) < 4.78 is 0. The molecule has 0 bridgehead atoms. The van der Waals surface area contributed by atoms with Crippen LogP contribution in [0, 0.1) is 0 Å². The Balaban J connectivity index is 2.62. The van der Waals surface area contributed by atoms with E-state index in [-0.39, 0.29) is 0 Å². The van der Waals surface area contributed by atoms with Crippen molar-refractivity contribution in [2.24, 2.45) is 11.5 Å². The van der Waals surface area contributed by atoms with E-state index in [4.69, 9.17) is 11.5 Å². The van der Waals surface area contributed by atoms with Gasteiger partial charge in [0.05, 0.1) is 6.04 Å². The van der Waals surface area contributed by atoms with Crippen LogP contribution in [-0.2, 0) is 16.0 Å². The smallest absolute Gasteiger partial charge is 0.286 e. The average molecular weight is 192 g/mol. The maximum atomic E-state index is 11.0. The molecule has 0 aliphatic rings. The third-order valence-corrected chi connectivity index (χ3v) is 1.88. The van der Waals surface area contributed by atoms with E-state index in [1.54, 1.807) is 0 Å². The van der Waals surface area contributed by atoms with Crippen molar-refractivity contribution in [1.82, 2.24) is 0 Å². The fourth-order valence-electron chi connectivity index (χ4n) is 1.14. The molecule has 1 aromatic rings. The van der Waals surface area contributed by atoms with Crippen LogP contribution in [-0.4, -0.2) is 17.7 Å². The van der Waals surface area contributed by atoms with Gasteiger partial charge in [-0.1, -0.05) is 30.3 Å². The Morgan fingerprint density at radius 3 is 2.29 bits per heavy atom. The predicted molar refractivity (Wildman–Crippen MR) is 52.3 cm³/mol. The highest BCUT2D eigenvalue weighted by atomic mass is 16.2. The van der Waals surface area contributed by atoms with Crippen LogP contribution in [0.5, 0.6) is 0 Å². The van der Waals surface area contributed by atoms with E-state index in [0.29, 0.717) is 6.42 Å². The van der Waals surface area contributed by atoms with Crippen molar-refractivity contribution in [1.29, 1.82) is 0 Å². The molecule has 0 saturated carbocycles. The molecule has 4 N–H and O–H groups in total. The van der Waals surface area contributed by atoms with Crippen LogP contribution in [0.1, 0.15) is 5.56 Å². The molecule has 4 nitrogen and oxygen atoms in total. The summed E-state index contributed by atoms with van der Waals surface area (Å²) in [5, 5.41) is 0. The van der Waals surface area contributed by atoms with Crippen LogP contribution in [0.15, 0.2) is 30.3 Å². The van der Waals surface area contributed by atoms with Gasteiger partial charge in [-0.15, -0.1) is 0 Å². The molecule has 0 saturated heterocycles. The zero-order chi connectivity index (χ0) is 10.6. The summed E-state index contributed by atoms with van der Waals surface area (Å²) in [4.78, 5) is 21.6. The minimum atomic E-state index is -0.978. The molecule has 14 heavy (non-hydrogen) atoms. The van der Waals surface area contributed by atoms with E-state index < -0.39 is 17.7 Å². The monoisotopic (exact) mass is 192 g/mol. The highest BCUT2D eigenvalue weighted by Gasteiger charge is 2.18. The summed E-state index contributed by atoms with van der Waals surface area (Å²) >= 11 is 0. The van der Waals surface area contributed by atoms with Gasteiger partial charge in [-0.05, 0) is 12.0 Å². The number of ketones is 1. The van der Waals surface area contributed by atoms with Gasteiger partial charge in [0.2, 0.25) is 5.78 Å². The molecule has 74 valence electrons. The second-order valence-corrected chi connectivity index (χ2v) is 3.02. The third kappa shape index (κ3) is 2.67. The lowest BCUT2D eigenvalue weighted by molar-refractivity contribution is -0.136. The second-order valence-electron chi connectivity index (χ2n) is 3.02. The molecule has 1 atom stereocenters. The van der Waals surface area contributed by atoms with Crippen LogP contribution in [0.2, 0.25) is 0 Å². The molecule has 0 aliphatic carbocycles. The Morgan fingerprint density at radius 1 is 1.21 bits per heavy atom. The number of hydrogen-bond acceptors (Lipinski definition) is 3. The lowest BCUT2D eigenvalue weighted by Crippen LogP contribution is -2.41. The SMILES string of the molecule is NC(=O)C(=O)[C@@H](N)Cc1ccccc1. The standard InChI is InChI=1S/C10H12N2O2/c11-8(9(13)10(12)14)6-7-4-2-1-3-5-7/h1-5,8H,6,11H2,(H2,12,14)/t8-/m0/s1. The van der Waals surface area contributed by atoms with Crippen LogP contribution in [0.3, 0.4) is 0 Å². The molecule has 4 heteroatoms. The fraction of sp³-hybridized carbons (Fsp3) is 0.200. The van der Waals surface area contributed by atoms with Gasteiger partial charge >= 0.3 is 0 Å². The van der Waals surface area contributed by atoms with E-state index in [9.17, 15) is 9.59 Å². The van der Waals surface area contributed by atoms with Gasteiger partial charge in [0.1, 0.15) is 0 Å². The Bertz CT molecular complexity index is 335. The zero-order valence-electron chi connectivity index (χ0n) is 7.64. The zero-order valence-corrected chi connectivity index (χ0v) is 7.64. The lowest BCUT2D eigenvalue weighted by atomic mass is 10.0. The number of benzene rings is 1. The summed E-state index contributed by atoms with van der Waals surface area (Å²) in [6, 6.07) is 8.40. The number of hydrogen-bond donors (Lipinski definition) is 2. The second kappa shape index (κ2) is 4.53. The lowest BCUT2D eigenvalue weighted by Gasteiger charge is -2.07. The summed E-state index contributed by atoms with van der Waals surface area (Å²) in [5.74, 6) is -1.71. The van der Waals surface area contributed by atoms with E-state index in [1.165, 1.54) is 0 Å². The Hall–Kier alpha value is -1.68. The quantitative estimate of drug-likeness (QED) is 0.637. The number of Topliss-reactive ketones (excluding diaryl/α,β-unsaturated/α-hetero) is 1. The van der Waals surface area contributed by atoms with E-state index >= 15 is 0 Å². The number of carbonyl (C=O) groups excluding carboxylic acids is 2. The minimum Gasteiger partial charge on any atom is -0.363 e. The maximum absolute atomic E-state index is 11.0. The predicted octanol–water partition coefficient (Wildman–Crippen LogP) is -0.389. The van der Waals surface area contributed by atoms with Crippen LogP contribution < -0.4 is 11.5 Å². The fourth-order valence-corrected chi connectivity index (χ4v) is 1.14. The number of amides is 1. The van der Waals surface area contributed by atoms with Crippen LogP contribution in [0.25, 0.3) is 0 Å². The average Bonchev–Trinajstić information content (AvgIpc) is 2.18. The highest BCUT2D eigenvalue weighted by molar-refractivity contribution is 6.37. The molecular formula is C10H12N2O2. The van der Waals surface area contributed by atoms with Gasteiger partial charge in [0.25, 0.3) is 5.91 Å². The molecule has 0 spiro atoms. The van der Waals surface area contributed by atoms with Gasteiger partial charge in [0, 0.05) is 0 Å². The largest absolute Gasteiger partial charge is 0.363 e. The minimum absolute atomic E-state index is 0.336. The molecule has 0 unspecified atom stereocenters. The van der Waals surface area contributed by atoms with Crippen LogP contribution in [0.4, 0.5) is 0 Å². The Labute approximate surface area is 81.9 Å². The number of carbonyl (C=O) groups is 2. The van der Waals surface area contributed by atoms with Gasteiger partial charge in [-0.3, -0.25) is 9.59 Å². The molecule has 0 radical (unpaired) electrons. The molecule has 1 aromatic carbocycles. The first-order chi connectivity index (χ1) is 6.61. The van der Waals surface area contributed by atoms with E-state index in [1.807, 2.05) is 30.3 Å². The van der Waals surface area contributed by atoms with Crippen LogP contribution >= 0.6 is 0 Å². The maximum Gasteiger partial charge on any atom is 0.286 e. The number of rotatable bonds is 4. The normalized spacial score (nSPS) is 12.1. The molecule has 1 amide bonds. The van der Waals surface area contributed by atoms with Crippen molar-refractivity contribution in [3.8, 4) is 0 Å². The van der Waals surface area contributed by atoms with Gasteiger partial charge < -0.3 is 11.5 Å². The van der Waals surface area contributed by atoms with Crippen molar-refractivity contribution in [2.75, 3.05) is 0 Å². The topological polar surface area (TPSA) is 86.2 Å². The van der Waals surface area contributed by atoms with Crippen molar-refractivity contribution in [2.45, 2.75) is 12.5 Å². The van der Waals surface area contributed by atoms with Gasteiger partial charge in [0.15, 0.2) is 0 Å². The molecule has 0 fully saturated rings. The first kappa shape index (κ1) is 10.4. The summed E-state index contributed by atoms with van der Waals surface area (Å²) in [6.07, 6.45) is 0.336. The van der Waals surface area contributed by atoms with Crippen molar-refractivity contribution < 1.29 is 9.59 Å². The third-order valence-electron chi connectivity index (χ3n) is 1.88.